The maximum atomic E-state index is 12.7. The molecule has 0 atom stereocenters. The first-order chi connectivity index (χ1) is 8.57. The van der Waals surface area contributed by atoms with E-state index in [0.717, 1.165) is 18.4 Å². The Balaban J connectivity index is 0.00000324. The quantitative estimate of drug-likeness (QED) is 0.845. The van der Waals surface area contributed by atoms with Crippen LogP contribution in [0.15, 0.2) is 24.3 Å². The molecule has 1 rings (SSSR count). The summed E-state index contributed by atoms with van der Waals surface area (Å²) in [4.78, 5) is 12.1. The van der Waals surface area contributed by atoms with Crippen molar-refractivity contribution < 1.29 is 9.18 Å². The highest BCUT2D eigenvalue weighted by Crippen LogP contribution is 2.25. The Hall–Kier alpha value is -1.13. The zero-order chi connectivity index (χ0) is 13.6. The van der Waals surface area contributed by atoms with Crippen LogP contribution >= 0.6 is 12.4 Å². The van der Waals surface area contributed by atoms with Gasteiger partial charge in [0.1, 0.15) is 5.82 Å². The fourth-order valence-corrected chi connectivity index (χ4v) is 1.92. The van der Waals surface area contributed by atoms with E-state index in [0.29, 0.717) is 13.1 Å². The third-order valence-electron chi connectivity index (χ3n) is 3.59. The van der Waals surface area contributed by atoms with Crippen LogP contribution in [-0.4, -0.2) is 12.5 Å². The maximum Gasteiger partial charge on any atom is 0.227 e. The monoisotopic (exact) mass is 288 g/mol. The molecular weight excluding hydrogens is 267 g/mol. The molecule has 0 fully saturated rings. The van der Waals surface area contributed by atoms with Gasteiger partial charge < -0.3 is 11.1 Å². The molecule has 0 aliphatic carbocycles. The molecule has 0 bridgehead atoms. The Morgan fingerprint density at radius 3 is 2.21 bits per heavy atom. The van der Waals surface area contributed by atoms with Gasteiger partial charge >= 0.3 is 0 Å². The number of benzene rings is 1. The molecule has 3 N–H and O–H groups in total. The van der Waals surface area contributed by atoms with Crippen LogP contribution in [0.4, 0.5) is 4.39 Å². The zero-order valence-corrected chi connectivity index (χ0v) is 12.2. The summed E-state index contributed by atoms with van der Waals surface area (Å²) in [5.41, 5.74) is 6.10. The Morgan fingerprint density at radius 2 is 1.79 bits per heavy atom. The van der Waals surface area contributed by atoms with Gasteiger partial charge in [-0.1, -0.05) is 26.0 Å². The van der Waals surface area contributed by atoms with Crippen molar-refractivity contribution in [3.63, 3.8) is 0 Å². The SMILES string of the molecule is CCC(CC)(CN)C(=O)NCc1ccc(F)cc1.Cl. The molecule has 0 spiro atoms. The van der Waals surface area contributed by atoms with E-state index in [4.69, 9.17) is 5.73 Å². The average Bonchev–Trinajstić information content (AvgIpc) is 2.41. The fraction of sp³-hybridized carbons (Fsp3) is 0.500. The normalized spacial score (nSPS) is 10.7. The van der Waals surface area contributed by atoms with E-state index in [1.165, 1.54) is 12.1 Å². The first-order valence-corrected chi connectivity index (χ1v) is 6.30. The molecule has 1 aromatic carbocycles. The molecule has 1 amide bonds. The number of carbonyl (C=O) groups excluding carboxylic acids is 1. The summed E-state index contributed by atoms with van der Waals surface area (Å²) < 4.78 is 12.7. The molecule has 0 aliphatic rings. The van der Waals surface area contributed by atoms with Crippen LogP contribution in [0.1, 0.15) is 32.3 Å². The highest BCUT2D eigenvalue weighted by atomic mass is 35.5. The van der Waals surface area contributed by atoms with Crippen LogP contribution in [0.3, 0.4) is 0 Å². The fourth-order valence-electron chi connectivity index (χ4n) is 1.92. The highest BCUT2D eigenvalue weighted by molar-refractivity contribution is 5.85. The summed E-state index contributed by atoms with van der Waals surface area (Å²) in [6.45, 7) is 4.68. The maximum absolute atomic E-state index is 12.7. The van der Waals surface area contributed by atoms with Gasteiger partial charge in [0.15, 0.2) is 0 Å². The molecule has 0 heterocycles. The lowest BCUT2D eigenvalue weighted by molar-refractivity contribution is -0.131. The number of rotatable bonds is 6. The van der Waals surface area contributed by atoms with Crippen LogP contribution in [0, 0.1) is 11.2 Å². The number of hydrogen-bond acceptors (Lipinski definition) is 2. The lowest BCUT2D eigenvalue weighted by Gasteiger charge is -2.28. The van der Waals surface area contributed by atoms with Gasteiger partial charge in [0.05, 0.1) is 5.41 Å². The summed E-state index contributed by atoms with van der Waals surface area (Å²) in [6.07, 6.45) is 1.44. The van der Waals surface area contributed by atoms with E-state index in [-0.39, 0.29) is 24.1 Å². The van der Waals surface area contributed by atoms with Crippen LogP contribution in [0.2, 0.25) is 0 Å². The molecule has 108 valence electrons. The number of nitrogens with one attached hydrogen (secondary N) is 1. The minimum Gasteiger partial charge on any atom is -0.352 e. The first-order valence-electron chi connectivity index (χ1n) is 6.30. The van der Waals surface area contributed by atoms with Gasteiger partial charge in [-0.05, 0) is 30.5 Å². The van der Waals surface area contributed by atoms with Gasteiger partial charge in [0.25, 0.3) is 0 Å². The van der Waals surface area contributed by atoms with Crippen LogP contribution < -0.4 is 11.1 Å². The van der Waals surface area contributed by atoms with Gasteiger partial charge in [-0.2, -0.15) is 0 Å². The molecule has 0 saturated carbocycles. The van der Waals surface area contributed by atoms with Crippen molar-refractivity contribution in [3.05, 3.63) is 35.6 Å². The second kappa shape index (κ2) is 8.12. The number of carbonyl (C=O) groups is 1. The first kappa shape index (κ1) is 17.9. The van der Waals surface area contributed by atoms with Crippen molar-refractivity contribution in [3.8, 4) is 0 Å². The second-order valence-corrected chi connectivity index (χ2v) is 4.50. The summed E-state index contributed by atoms with van der Waals surface area (Å²) in [5, 5.41) is 2.87. The second-order valence-electron chi connectivity index (χ2n) is 4.50. The summed E-state index contributed by atoms with van der Waals surface area (Å²) in [6, 6.07) is 6.10. The van der Waals surface area contributed by atoms with Crippen molar-refractivity contribution in [1.29, 1.82) is 0 Å². The van der Waals surface area contributed by atoms with Crippen molar-refractivity contribution in [2.45, 2.75) is 33.2 Å². The Kier molecular flexibility index (Phi) is 7.64. The number of hydrogen-bond donors (Lipinski definition) is 2. The van der Waals surface area contributed by atoms with Crippen molar-refractivity contribution >= 4 is 18.3 Å². The predicted octanol–water partition coefficient (Wildman–Crippen LogP) is 2.63. The highest BCUT2D eigenvalue weighted by Gasteiger charge is 2.32. The largest absolute Gasteiger partial charge is 0.352 e. The van der Waals surface area contributed by atoms with E-state index in [1.54, 1.807) is 12.1 Å². The lowest BCUT2D eigenvalue weighted by Crippen LogP contribution is -2.45. The molecule has 0 unspecified atom stereocenters. The van der Waals surface area contributed by atoms with E-state index in [1.807, 2.05) is 13.8 Å². The third kappa shape index (κ3) is 4.48. The topological polar surface area (TPSA) is 55.1 Å². The van der Waals surface area contributed by atoms with Gasteiger partial charge in [-0.3, -0.25) is 4.79 Å². The van der Waals surface area contributed by atoms with E-state index in [2.05, 4.69) is 5.32 Å². The van der Waals surface area contributed by atoms with E-state index >= 15 is 0 Å². The Morgan fingerprint density at radius 1 is 1.26 bits per heavy atom. The van der Waals surface area contributed by atoms with Crippen LogP contribution in [-0.2, 0) is 11.3 Å². The molecule has 3 nitrogen and oxygen atoms in total. The molecule has 0 radical (unpaired) electrons. The molecule has 1 aromatic rings. The van der Waals surface area contributed by atoms with Crippen molar-refractivity contribution in [2.75, 3.05) is 6.54 Å². The van der Waals surface area contributed by atoms with E-state index in [9.17, 15) is 9.18 Å². The molecular formula is C14H22ClFN2O. The summed E-state index contributed by atoms with van der Waals surface area (Å²) in [7, 11) is 0. The summed E-state index contributed by atoms with van der Waals surface area (Å²) in [5.74, 6) is -0.303. The molecule has 5 heteroatoms. The van der Waals surface area contributed by atoms with Crippen LogP contribution in [0.5, 0.6) is 0 Å². The zero-order valence-electron chi connectivity index (χ0n) is 11.4. The van der Waals surface area contributed by atoms with Gasteiger partial charge in [0, 0.05) is 13.1 Å². The minimum absolute atomic E-state index is 0. The molecule has 19 heavy (non-hydrogen) atoms. The van der Waals surface area contributed by atoms with Gasteiger partial charge in [-0.25, -0.2) is 4.39 Å². The molecule has 0 saturated heterocycles. The molecule has 0 aliphatic heterocycles. The number of halogens is 2. The Labute approximate surface area is 120 Å². The number of amides is 1. The Bertz CT molecular complexity index is 383. The van der Waals surface area contributed by atoms with E-state index < -0.39 is 5.41 Å². The summed E-state index contributed by atoms with van der Waals surface area (Å²) >= 11 is 0. The van der Waals surface area contributed by atoms with Gasteiger partial charge in [0.2, 0.25) is 5.91 Å². The van der Waals surface area contributed by atoms with Crippen molar-refractivity contribution in [1.82, 2.24) is 5.32 Å². The lowest BCUT2D eigenvalue weighted by atomic mass is 9.81. The van der Waals surface area contributed by atoms with Crippen LogP contribution in [0.25, 0.3) is 0 Å². The standard InChI is InChI=1S/C14H21FN2O.ClH/c1-3-14(4-2,10-16)13(18)17-9-11-5-7-12(15)8-6-11;/h5-8H,3-4,9-10,16H2,1-2H3,(H,17,18);1H. The van der Waals surface area contributed by atoms with Gasteiger partial charge in [-0.15, -0.1) is 12.4 Å². The van der Waals surface area contributed by atoms with Crippen molar-refractivity contribution in [2.24, 2.45) is 11.1 Å². The third-order valence-corrected chi connectivity index (χ3v) is 3.59. The number of nitrogens with two attached hydrogens (primary N) is 1. The smallest absolute Gasteiger partial charge is 0.227 e. The predicted molar refractivity (Wildman–Crippen MR) is 77.6 cm³/mol. The average molecular weight is 289 g/mol. The molecule has 0 aromatic heterocycles. The minimum atomic E-state index is -0.486.